The van der Waals surface area contributed by atoms with E-state index in [0.29, 0.717) is 6.04 Å². The molecule has 8 heteroatoms. The van der Waals surface area contributed by atoms with Gasteiger partial charge in [0.1, 0.15) is 0 Å². The van der Waals surface area contributed by atoms with Gasteiger partial charge in [-0.2, -0.15) is 0 Å². The van der Waals surface area contributed by atoms with E-state index < -0.39 is 0 Å². The second-order valence-electron chi connectivity index (χ2n) is 7.86. The summed E-state index contributed by atoms with van der Waals surface area (Å²) in [5.41, 5.74) is 3.27. The number of carbonyl (C=O) groups excluding carboxylic acids is 1. The fraction of sp³-hybridized carbons (Fsp3) is 0.250. The summed E-state index contributed by atoms with van der Waals surface area (Å²) in [5, 5.41) is 14.9. The maximum Gasteiger partial charge on any atom is 0.231 e. The van der Waals surface area contributed by atoms with Gasteiger partial charge in [0.15, 0.2) is 11.0 Å². The van der Waals surface area contributed by atoms with Gasteiger partial charge >= 0.3 is 0 Å². The molecule has 1 atom stereocenters. The molecule has 0 bridgehead atoms. The number of thioether (sulfide) groups is 1. The molecule has 0 spiro atoms. The van der Waals surface area contributed by atoms with E-state index in [1.54, 1.807) is 23.7 Å². The van der Waals surface area contributed by atoms with E-state index >= 15 is 0 Å². The number of aromatic nitrogens is 4. The molecule has 1 aliphatic rings. The van der Waals surface area contributed by atoms with Gasteiger partial charge in [-0.25, -0.2) is 0 Å². The Labute approximate surface area is 195 Å². The van der Waals surface area contributed by atoms with Crippen LogP contribution in [0.3, 0.4) is 0 Å². The van der Waals surface area contributed by atoms with E-state index in [4.69, 9.17) is 0 Å². The third-order valence-corrected chi connectivity index (χ3v) is 7.27. The summed E-state index contributed by atoms with van der Waals surface area (Å²) in [5.74, 6) is 1.10. The lowest BCUT2D eigenvalue weighted by Gasteiger charge is -2.18. The van der Waals surface area contributed by atoms with Crippen LogP contribution in [0.2, 0.25) is 0 Å². The molecule has 1 aromatic carbocycles. The monoisotopic (exact) mass is 461 g/mol. The zero-order valence-electron chi connectivity index (χ0n) is 17.6. The molecule has 3 aromatic heterocycles. The molecule has 162 valence electrons. The van der Waals surface area contributed by atoms with Gasteiger partial charge in [-0.15, -0.1) is 21.5 Å². The molecule has 1 fully saturated rings. The second-order valence-corrected chi connectivity index (χ2v) is 9.78. The van der Waals surface area contributed by atoms with Crippen molar-refractivity contribution in [1.29, 1.82) is 0 Å². The van der Waals surface area contributed by atoms with Crippen LogP contribution < -0.4 is 5.32 Å². The van der Waals surface area contributed by atoms with Gasteiger partial charge < -0.3 is 5.32 Å². The molecular weight excluding hydrogens is 438 g/mol. The summed E-state index contributed by atoms with van der Waals surface area (Å²) < 4.78 is 2.17. The van der Waals surface area contributed by atoms with E-state index in [-0.39, 0.29) is 17.7 Å². The summed E-state index contributed by atoms with van der Waals surface area (Å²) in [6.07, 6.45) is 5.75. The van der Waals surface area contributed by atoms with Gasteiger partial charge in [0.25, 0.3) is 0 Å². The number of hydrogen-bond acceptors (Lipinski definition) is 6. The molecule has 0 saturated heterocycles. The summed E-state index contributed by atoms with van der Waals surface area (Å²) in [7, 11) is 0. The molecule has 1 aliphatic carbocycles. The molecule has 4 aromatic rings. The normalized spacial score (nSPS) is 14.3. The Morgan fingerprint density at radius 3 is 2.62 bits per heavy atom. The first kappa shape index (κ1) is 20.9. The predicted molar refractivity (Wildman–Crippen MR) is 128 cm³/mol. The molecule has 6 nitrogen and oxygen atoms in total. The van der Waals surface area contributed by atoms with E-state index in [9.17, 15) is 4.79 Å². The SMILES string of the molecule is Cc1ccc(C(NC(=O)CSc2nnc(-c3ccncc3)n2C2CC2)c2cccs2)cc1. The Kier molecular flexibility index (Phi) is 6.05. The third-order valence-electron chi connectivity index (χ3n) is 5.39. The second kappa shape index (κ2) is 9.26. The zero-order chi connectivity index (χ0) is 21.9. The van der Waals surface area contributed by atoms with E-state index in [1.165, 1.54) is 17.3 Å². The largest absolute Gasteiger partial charge is 0.344 e. The van der Waals surface area contributed by atoms with Crippen molar-refractivity contribution < 1.29 is 4.79 Å². The highest BCUT2D eigenvalue weighted by Gasteiger charge is 2.30. The molecule has 1 unspecified atom stereocenters. The summed E-state index contributed by atoms with van der Waals surface area (Å²) in [4.78, 5) is 18.2. The number of nitrogens with one attached hydrogen (secondary N) is 1. The lowest BCUT2D eigenvalue weighted by atomic mass is 10.0. The number of hydrogen-bond donors (Lipinski definition) is 1. The van der Waals surface area contributed by atoms with Crippen LogP contribution in [-0.4, -0.2) is 31.4 Å². The maximum atomic E-state index is 12.9. The molecule has 0 radical (unpaired) electrons. The molecule has 1 saturated carbocycles. The highest BCUT2D eigenvalue weighted by Crippen LogP contribution is 2.41. The van der Waals surface area contributed by atoms with E-state index in [0.717, 1.165) is 39.8 Å². The van der Waals surface area contributed by atoms with Gasteiger partial charge in [-0.3, -0.25) is 14.3 Å². The Morgan fingerprint density at radius 2 is 1.94 bits per heavy atom. The minimum atomic E-state index is -0.155. The van der Waals surface area contributed by atoms with Crippen LogP contribution in [0.5, 0.6) is 0 Å². The molecule has 32 heavy (non-hydrogen) atoms. The lowest BCUT2D eigenvalue weighted by molar-refractivity contribution is -0.119. The van der Waals surface area contributed by atoms with Crippen LogP contribution >= 0.6 is 23.1 Å². The van der Waals surface area contributed by atoms with E-state index in [2.05, 4.69) is 62.3 Å². The number of amides is 1. The molecule has 1 N–H and O–H groups in total. The van der Waals surface area contributed by atoms with Crippen molar-refractivity contribution in [3.63, 3.8) is 0 Å². The van der Waals surface area contributed by atoms with Crippen LogP contribution in [0.1, 0.15) is 40.9 Å². The minimum absolute atomic E-state index is 0.0233. The van der Waals surface area contributed by atoms with Crippen molar-refractivity contribution in [3.8, 4) is 11.4 Å². The Morgan fingerprint density at radius 1 is 1.16 bits per heavy atom. The van der Waals surface area contributed by atoms with Crippen molar-refractivity contribution >= 4 is 29.0 Å². The molecule has 1 amide bonds. The van der Waals surface area contributed by atoms with Crippen molar-refractivity contribution in [3.05, 3.63) is 82.3 Å². The topological polar surface area (TPSA) is 72.7 Å². The highest BCUT2D eigenvalue weighted by molar-refractivity contribution is 7.99. The average Bonchev–Trinajstić information content (AvgIpc) is 3.33. The maximum absolute atomic E-state index is 12.9. The van der Waals surface area contributed by atoms with Gasteiger partial charge in [-0.05, 0) is 48.9 Å². The number of pyridine rings is 1. The van der Waals surface area contributed by atoms with Crippen LogP contribution in [0.4, 0.5) is 0 Å². The number of rotatable bonds is 8. The number of carbonyl (C=O) groups is 1. The van der Waals surface area contributed by atoms with Crippen molar-refractivity contribution in [2.24, 2.45) is 0 Å². The van der Waals surface area contributed by atoms with Gasteiger partial charge in [0, 0.05) is 28.9 Å². The van der Waals surface area contributed by atoms with Gasteiger partial charge in [-0.1, -0.05) is 47.7 Å². The van der Waals surface area contributed by atoms with Crippen LogP contribution in [0, 0.1) is 6.92 Å². The summed E-state index contributed by atoms with van der Waals surface area (Å²) >= 11 is 3.09. The van der Waals surface area contributed by atoms with Crippen molar-refractivity contribution in [2.75, 3.05) is 5.75 Å². The van der Waals surface area contributed by atoms with Crippen molar-refractivity contribution in [2.45, 2.75) is 37.0 Å². The smallest absolute Gasteiger partial charge is 0.231 e. The molecule has 5 rings (SSSR count). The predicted octanol–water partition coefficient (Wildman–Crippen LogP) is 5.04. The first-order valence-corrected chi connectivity index (χ1v) is 12.4. The van der Waals surface area contributed by atoms with Crippen LogP contribution in [-0.2, 0) is 4.79 Å². The Bertz CT molecular complexity index is 1190. The molecular formula is C24H23N5OS2. The van der Waals surface area contributed by atoms with E-state index in [1.807, 2.05) is 23.6 Å². The molecule has 0 aliphatic heterocycles. The number of benzene rings is 1. The first-order chi connectivity index (χ1) is 15.7. The van der Waals surface area contributed by atoms with Gasteiger partial charge in [0.2, 0.25) is 5.91 Å². The zero-order valence-corrected chi connectivity index (χ0v) is 19.3. The summed E-state index contributed by atoms with van der Waals surface area (Å²) in [6.45, 7) is 2.06. The van der Waals surface area contributed by atoms with Gasteiger partial charge in [0.05, 0.1) is 11.8 Å². The quantitative estimate of drug-likeness (QED) is 0.372. The lowest BCUT2D eigenvalue weighted by Crippen LogP contribution is -2.30. The standard InChI is InChI=1S/C24H23N5OS2/c1-16-4-6-17(7-5-16)22(20-3-2-14-31-20)26-21(30)15-32-24-28-27-23(29(24)19-8-9-19)18-10-12-25-13-11-18/h2-7,10-14,19,22H,8-9,15H2,1H3,(H,26,30). The Hall–Kier alpha value is -2.97. The Balaban J connectivity index is 1.31. The minimum Gasteiger partial charge on any atom is -0.344 e. The third kappa shape index (κ3) is 4.61. The van der Waals surface area contributed by atoms with Crippen LogP contribution in [0.25, 0.3) is 11.4 Å². The first-order valence-electron chi connectivity index (χ1n) is 10.6. The summed E-state index contributed by atoms with van der Waals surface area (Å²) in [6, 6.07) is 16.5. The number of thiophene rings is 1. The fourth-order valence-corrected chi connectivity index (χ4v) is 5.22. The number of nitrogens with zero attached hydrogens (tertiary/aromatic N) is 4. The van der Waals surface area contributed by atoms with Crippen molar-refractivity contribution in [1.82, 2.24) is 25.1 Å². The highest BCUT2D eigenvalue weighted by atomic mass is 32.2. The van der Waals surface area contributed by atoms with Crippen LogP contribution in [0.15, 0.2) is 71.5 Å². The molecule has 3 heterocycles. The number of aryl methyl sites for hydroxylation is 1. The fourth-order valence-electron chi connectivity index (χ4n) is 3.60. The average molecular weight is 462 g/mol.